The predicted octanol–water partition coefficient (Wildman–Crippen LogP) is 4.22. The molecule has 0 radical (unpaired) electrons. The minimum atomic E-state index is -0.831. The molecule has 1 aliphatic heterocycles. The molecular weight excluding hydrogens is 330 g/mol. The van der Waals surface area contributed by atoms with Crippen LogP contribution in [0.3, 0.4) is 0 Å². The van der Waals surface area contributed by atoms with Crippen molar-refractivity contribution in [3.63, 3.8) is 0 Å². The summed E-state index contributed by atoms with van der Waals surface area (Å²) in [7, 11) is 0. The van der Waals surface area contributed by atoms with Crippen molar-refractivity contribution < 1.29 is 19.0 Å². The first kappa shape index (κ1) is 16.6. The molecule has 1 aliphatic carbocycles. The summed E-state index contributed by atoms with van der Waals surface area (Å²) in [5, 5.41) is 9.56. The lowest BCUT2D eigenvalue weighted by atomic mass is 10.1. The fourth-order valence-electron chi connectivity index (χ4n) is 3.69. The molecular formula is C21H19NO4. The van der Waals surface area contributed by atoms with E-state index in [1.54, 1.807) is 12.1 Å². The van der Waals surface area contributed by atoms with E-state index in [1.165, 1.54) is 0 Å². The number of carbonyl (C=O) groups is 1. The summed E-state index contributed by atoms with van der Waals surface area (Å²) < 4.78 is 17.0. The maximum absolute atomic E-state index is 11.9. The number of cyclic esters (lactones) is 1. The van der Waals surface area contributed by atoms with Gasteiger partial charge in [-0.3, -0.25) is 4.79 Å². The van der Waals surface area contributed by atoms with Crippen LogP contribution in [-0.2, 0) is 14.3 Å². The van der Waals surface area contributed by atoms with Crippen molar-refractivity contribution in [1.82, 2.24) is 0 Å². The number of hydrogen-bond donors (Lipinski definition) is 0. The molecule has 1 saturated carbocycles. The molecule has 0 aromatic heterocycles. The van der Waals surface area contributed by atoms with Gasteiger partial charge in [0.1, 0.15) is 11.5 Å². The van der Waals surface area contributed by atoms with E-state index in [1.807, 2.05) is 56.3 Å². The van der Waals surface area contributed by atoms with Crippen LogP contribution in [0.25, 0.3) is 0 Å². The van der Waals surface area contributed by atoms with Gasteiger partial charge < -0.3 is 14.2 Å². The second-order valence-corrected chi connectivity index (χ2v) is 7.26. The first-order valence-electron chi connectivity index (χ1n) is 8.59. The summed E-state index contributed by atoms with van der Waals surface area (Å²) in [5.74, 6) is 0.981. The van der Waals surface area contributed by atoms with Gasteiger partial charge in [0.25, 0.3) is 0 Å². The van der Waals surface area contributed by atoms with Crippen LogP contribution in [0, 0.1) is 28.6 Å². The maximum atomic E-state index is 11.9. The molecule has 0 unspecified atom stereocenters. The van der Waals surface area contributed by atoms with Crippen molar-refractivity contribution in [2.75, 3.05) is 0 Å². The molecule has 2 fully saturated rings. The standard InChI is InChI=1S/C21H19NO4/c1-21(2)17-18(21)20(26-19(17)23)25-16(12-22)13-7-6-10-15(11-13)24-14-8-4-3-5-9-14/h3-11,16-18,20H,1-2H3/t16-,17+,18-,20-/m1/s1. The number of nitriles is 1. The number of para-hydroxylation sites is 1. The molecule has 132 valence electrons. The molecule has 2 aromatic rings. The van der Waals surface area contributed by atoms with Gasteiger partial charge in [-0.25, -0.2) is 0 Å². The second-order valence-electron chi connectivity index (χ2n) is 7.26. The number of carbonyl (C=O) groups excluding carboxylic acids is 1. The van der Waals surface area contributed by atoms with Crippen LogP contribution in [0.15, 0.2) is 54.6 Å². The zero-order chi connectivity index (χ0) is 18.3. The zero-order valence-electron chi connectivity index (χ0n) is 14.6. The van der Waals surface area contributed by atoms with Crippen LogP contribution in [0.2, 0.25) is 0 Å². The van der Waals surface area contributed by atoms with E-state index in [-0.39, 0.29) is 23.2 Å². The van der Waals surface area contributed by atoms with E-state index in [0.29, 0.717) is 17.1 Å². The minimum Gasteiger partial charge on any atom is -0.457 e. The molecule has 4 atom stereocenters. The summed E-state index contributed by atoms with van der Waals surface area (Å²) in [6, 6.07) is 18.8. The number of ether oxygens (including phenoxy) is 3. The van der Waals surface area contributed by atoms with Crippen molar-refractivity contribution in [2.45, 2.75) is 26.2 Å². The van der Waals surface area contributed by atoms with Gasteiger partial charge in [0.2, 0.25) is 6.29 Å². The highest BCUT2D eigenvalue weighted by molar-refractivity contribution is 5.80. The van der Waals surface area contributed by atoms with Crippen LogP contribution in [0.5, 0.6) is 11.5 Å². The van der Waals surface area contributed by atoms with Crippen LogP contribution in [0.1, 0.15) is 25.5 Å². The normalized spacial score (nSPS) is 26.3. The average molecular weight is 349 g/mol. The molecule has 1 heterocycles. The molecule has 26 heavy (non-hydrogen) atoms. The molecule has 0 N–H and O–H groups in total. The van der Waals surface area contributed by atoms with Crippen molar-refractivity contribution in [1.29, 1.82) is 5.26 Å². The number of fused-ring (bicyclic) bond motifs is 1. The zero-order valence-corrected chi connectivity index (χ0v) is 14.6. The molecule has 0 spiro atoms. The van der Waals surface area contributed by atoms with E-state index >= 15 is 0 Å². The number of nitrogens with zero attached hydrogens (tertiary/aromatic N) is 1. The van der Waals surface area contributed by atoms with Gasteiger partial charge in [-0.2, -0.15) is 5.26 Å². The first-order valence-corrected chi connectivity index (χ1v) is 8.59. The Bertz CT molecular complexity index is 871. The molecule has 0 amide bonds. The Labute approximate surface area is 152 Å². The summed E-state index contributed by atoms with van der Waals surface area (Å²) in [6.45, 7) is 4.05. The SMILES string of the molecule is CC1(C)[C@H]2[C@H](O[C@H](C#N)c3cccc(Oc4ccccc4)c3)OC(=O)[C@H]21. The lowest BCUT2D eigenvalue weighted by Crippen LogP contribution is -2.24. The predicted molar refractivity (Wildman–Crippen MR) is 93.0 cm³/mol. The molecule has 2 aromatic carbocycles. The third-order valence-electron chi connectivity index (χ3n) is 5.22. The lowest BCUT2D eigenvalue weighted by Gasteiger charge is -2.21. The van der Waals surface area contributed by atoms with Crippen molar-refractivity contribution in [2.24, 2.45) is 17.3 Å². The van der Waals surface area contributed by atoms with Crippen LogP contribution in [0.4, 0.5) is 0 Å². The molecule has 1 saturated heterocycles. The Hall–Kier alpha value is -2.84. The summed E-state index contributed by atoms with van der Waals surface area (Å²) in [4.78, 5) is 11.9. The second kappa shape index (κ2) is 6.15. The molecule has 0 bridgehead atoms. The van der Waals surface area contributed by atoms with Gasteiger partial charge in [-0.15, -0.1) is 0 Å². The number of benzene rings is 2. The highest BCUT2D eigenvalue weighted by Gasteiger charge is 2.72. The van der Waals surface area contributed by atoms with Crippen molar-refractivity contribution in [3.05, 3.63) is 60.2 Å². The lowest BCUT2D eigenvalue weighted by molar-refractivity contribution is -0.182. The van der Waals surface area contributed by atoms with Crippen LogP contribution in [-0.4, -0.2) is 12.3 Å². The highest BCUT2D eigenvalue weighted by atomic mass is 16.7. The van der Waals surface area contributed by atoms with Crippen molar-refractivity contribution in [3.8, 4) is 17.6 Å². The fourth-order valence-corrected chi connectivity index (χ4v) is 3.69. The Balaban J connectivity index is 1.50. The third-order valence-corrected chi connectivity index (χ3v) is 5.22. The number of esters is 1. The topological polar surface area (TPSA) is 68.6 Å². The number of rotatable bonds is 5. The Morgan fingerprint density at radius 3 is 2.50 bits per heavy atom. The monoisotopic (exact) mass is 349 g/mol. The van der Waals surface area contributed by atoms with Gasteiger partial charge in [-0.05, 0) is 35.2 Å². The highest BCUT2D eigenvalue weighted by Crippen LogP contribution is 2.65. The van der Waals surface area contributed by atoms with Gasteiger partial charge in [0.15, 0.2) is 6.10 Å². The van der Waals surface area contributed by atoms with Gasteiger partial charge in [0, 0.05) is 5.92 Å². The van der Waals surface area contributed by atoms with Gasteiger partial charge in [-0.1, -0.05) is 44.2 Å². The summed E-state index contributed by atoms with van der Waals surface area (Å²) >= 11 is 0. The van der Waals surface area contributed by atoms with E-state index in [2.05, 4.69) is 6.07 Å². The average Bonchev–Trinajstić information content (AvgIpc) is 3.03. The quantitative estimate of drug-likeness (QED) is 0.756. The first-order chi connectivity index (χ1) is 12.5. The van der Waals surface area contributed by atoms with E-state index in [9.17, 15) is 10.1 Å². The molecule has 5 heteroatoms. The van der Waals surface area contributed by atoms with Crippen LogP contribution >= 0.6 is 0 Å². The Morgan fingerprint density at radius 1 is 1.12 bits per heavy atom. The summed E-state index contributed by atoms with van der Waals surface area (Å²) in [6.07, 6.45) is -1.51. The van der Waals surface area contributed by atoms with Gasteiger partial charge in [0.05, 0.1) is 12.0 Å². The number of hydrogen-bond acceptors (Lipinski definition) is 5. The smallest absolute Gasteiger partial charge is 0.312 e. The maximum Gasteiger partial charge on any atom is 0.312 e. The fraction of sp³-hybridized carbons (Fsp3) is 0.333. The molecule has 5 nitrogen and oxygen atoms in total. The van der Waals surface area contributed by atoms with Crippen LogP contribution < -0.4 is 4.74 Å². The van der Waals surface area contributed by atoms with E-state index < -0.39 is 12.4 Å². The van der Waals surface area contributed by atoms with Gasteiger partial charge >= 0.3 is 5.97 Å². The minimum absolute atomic E-state index is 0.00889. The molecule has 2 aliphatic rings. The van der Waals surface area contributed by atoms with Crippen molar-refractivity contribution >= 4 is 5.97 Å². The Kier molecular flexibility index (Phi) is 3.93. The largest absolute Gasteiger partial charge is 0.457 e. The Morgan fingerprint density at radius 2 is 1.85 bits per heavy atom. The summed E-state index contributed by atoms with van der Waals surface area (Å²) in [5.41, 5.74) is 0.539. The van der Waals surface area contributed by atoms with E-state index in [0.717, 1.165) is 0 Å². The molecule has 4 rings (SSSR count). The van der Waals surface area contributed by atoms with E-state index in [4.69, 9.17) is 14.2 Å². The third kappa shape index (κ3) is 2.83.